The lowest BCUT2D eigenvalue weighted by Crippen LogP contribution is -2.36. The van der Waals surface area contributed by atoms with Crippen molar-refractivity contribution in [3.63, 3.8) is 0 Å². The van der Waals surface area contributed by atoms with Crippen LogP contribution in [0.15, 0.2) is 63.9 Å². The van der Waals surface area contributed by atoms with Gasteiger partial charge in [0.15, 0.2) is 0 Å². The van der Waals surface area contributed by atoms with Crippen molar-refractivity contribution < 1.29 is 23.7 Å². The number of aryl methyl sites for hydroxylation is 1. The van der Waals surface area contributed by atoms with Crippen molar-refractivity contribution in [3.8, 4) is 11.3 Å². The molecular formula is C23H16ClN3O6S. The molecule has 2 aromatic carbocycles. The first-order valence-electron chi connectivity index (χ1n) is 9.87. The van der Waals surface area contributed by atoms with Crippen LogP contribution in [0.2, 0.25) is 5.02 Å². The third-order valence-electron chi connectivity index (χ3n) is 4.80. The maximum atomic E-state index is 12.7. The number of carbonyl (C=O) groups excluding carboxylic acids is 3. The van der Waals surface area contributed by atoms with E-state index in [1.165, 1.54) is 12.1 Å². The van der Waals surface area contributed by atoms with Gasteiger partial charge < -0.3 is 9.73 Å². The maximum Gasteiger partial charge on any atom is 0.294 e. The standard InChI is InChI=1S/C23H16ClN3O6S/c1-13-5-7-17(18(9-13)27(31)32)19-8-6-16(33-19)11-20-22(29)26(23(30)34-20)12-21(28)25-15-4-2-3-14(24)10-15/h2-11H,12H2,1H3,(H,25,28)/b20-11+. The first kappa shape index (κ1) is 23.3. The van der Waals surface area contributed by atoms with E-state index in [2.05, 4.69) is 5.32 Å². The summed E-state index contributed by atoms with van der Waals surface area (Å²) in [5.41, 5.74) is 1.36. The van der Waals surface area contributed by atoms with Crippen LogP contribution in [-0.2, 0) is 9.59 Å². The first-order valence-corrected chi connectivity index (χ1v) is 11.1. The fourth-order valence-electron chi connectivity index (χ4n) is 3.25. The second kappa shape index (κ2) is 9.54. The van der Waals surface area contributed by atoms with Gasteiger partial charge in [0.05, 0.1) is 15.4 Å². The molecule has 1 N–H and O–H groups in total. The lowest BCUT2D eigenvalue weighted by Gasteiger charge is -2.12. The Balaban J connectivity index is 1.49. The molecule has 9 nitrogen and oxygen atoms in total. The number of anilines is 1. The molecule has 0 saturated carbocycles. The van der Waals surface area contributed by atoms with Gasteiger partial charge in [-0.1, -0.05) is 23.7 Å². The molecule has 2 heterocycles. The van der Waals surface area contributed by atoms with Crippen molar-refractivity contribution in [1.82, 2.24) is 4.90 Å². The molecule has 1 fully saturated rings. The predicted molar refractivity (Wildman–Crippen MR) is 128 cm³/mol. The highest BCUT2D eigenvalue weighted by Crippen LogP contribution is 2.35. The van der Waals surface area contributed by atoms with Gasteiger partial charge in [0.25, 0.3) is 16.8 Å². The third-order valence-corrected chi connectivity index (χ3v) is 5.94. The number of rotatable bonds is 6. The smallest absolute Gasteiger partial charge is 0.294 e. The van der Waals surface area contributed by atoms with Crippen LogP contribution in [0.4, 0.5) is 16.2 Å². The summed E-state index contributed by atoms with van der Waals surface area (Å²) in [5, 5.41) is 13.8. The van der Waals surface area contributed by atoms with Gasteiger partial charge in [0.2, 0.25) is 5.91 Å². The Bertz CT molecular complexity index is 1370. The summed E-state index contributed by atoms with van der Waals surface area (Å²) in [7, 11) is 0. The van der Waals surface area contributed by atoms with E-state index in [1.54, 1.807) is 55.5 Å². The number of amides is 3. The number of benzene rings is 2. The molecule has 0 unspecified atom stereocenters. The number of nitro benzene ring substituents is 1. The van der Waals surface area contributed by atoms with Crippen LogP contribution in [-0.4, -0.2) is 33.4 Å². The van der Waals surface area contributed by atoms with E-state index >= 15 is 0 Å². The summed E-state index contributed by atoms with van der Waals surface area (Å²) < 4.78 is 5.68. The van der Waals surface area contributed by atoms with Crippen molar-refractivity contribution in [3.05, 3.63) is 86.0 Å². The molecule has 11 heteroatoms. The van der Waals surface area contributed by atoms with Crippen LogP contribution >= 0.6 is 23.4 Å². The zero-order valence-corrected chi connectivity index (χ0v) is 19.2. The molecule has 1 aromatic heterocycles. The average molecular weight is 498 g/mol. The van der Waals surface area contributed by atoms with Crippen LogP contribution in [0.25, 0.3) is 17.4 Å². The minimum atomic E-state index is -0.643. The Morgan fingerprint density at radius 1 is 1.21 bits per heavy atom. The Hall–Kier alpha value is -3.89. The third kappa shape index (κ3) is 5.03. The molecular weight excluding hydrogens is 482 g/mol. The number of nitrogens with one attached hydrogen (secondary N) is 1. The highest BCUT2D eigenvalue weighted by atomic mass is 35.5. The fourth-order valence-corrected chi connectivity index (χ4v) is 4.26. The van der Waals surface area contributed by atoms with Crippen molar-refractivity contribution in [2.75, 3.05) is 11.9 Å². The van der Waals surface area contributed by atoms with Crippen molar-refractivity contribution >= 4 is 57.9 Å². The SMILES string of the molecule is Cc1ccc(-c2ccc(/C=C3/SC(=O)N(CC(=O)Nc4cccc(Cl)c4)C3=O)o2)c([N+](=O)[O-])c1. The zero-order chi connectivity index (χ0) is 24.4. The molecule has 0 aliphatic carbocycles. The van der Waals surface area contributed by atoms with Gasteiger partial charge in [-0.2, -0.15) is 0 Å². The van der Waals surface area contributed by atoms with Gasteiger partial charge in [-0.15, -0.1) is 0 Å². The van der Waals surface area contributed by atoms with E-state index in [-0.39, 0.29) is 22.1 Å². The summed E-state index contributed by atoms with van der Waals surface area (Å²) >= 11 is 6.56. The number of carbonyl (C=O) groups is 3. The molecule has 3 amide bonds. The summed E-state index contributed by atoms with van der Waals surface area (Å²) in [4.78, 5) is 49.1. The highest BCUT2D eigenvalue weighted by molar-refractivity contribution is 8.18. The quantitative estimate of drug-likeness (QED) is 0.271. The molecule has 0 radical (unpaired) electrons. The van der Waals surface area contributed by atoms with Gasteiger partial charge >= 0.3 is 0 Å². The van der Waals surface area contributed by atoms with Gasteiger partial charge in [0.1, 0.15) is 18.1 Å². The second-order valence-corrected chi connectivity index (χ2v) is 8.74. The molecule has 1 aliphatic heterocycles. The maximum absolute atomic E-state index is 12.7. The van der Waals surface area contributed by atoms with Crippen LogP contribution in [0.3, 0.4) is 0 Å². The first-order chi connectivity index (χ1) is 16.2. The number of nitro groups is 1. The largest absolute Gasteiger partial charge is 0.456 e. The second-order valence-electron chi connectivity index (χ2n) is 7.31. The summed E-state index contributed by atoms with van der Waals surface area (Å²) in [6.07, 6.45) is 1.36. The molecule has 0 atom stereocenters. The van der Waals surface area contributed by atoms with Gasteiger partial charge in [-0.05, 0) is 60.6 Å². The normalized spacial score (nSPS) is 14.6. The minimum Gasteiger partial charge on any atom is -0.456 e. The van der Waals surface area contributed by atoms with Crippen molar-refractivity contribution in [1.29, 1.82) is 0 Å². The number of thioether (sulfide) groups is 1. The highest BCUT2D eigenvalue weighted by Gasteiger charge is 2.36. The molecule has 3 aromatic rings. The van der Waals surface area contributed by atoms with Gasteiger partial charge in [-0.25, -0.2) is 0 Å². The van der Waals surface area contributed by atoms with E-state index in [9.17, 15) is 24.5 Å². The van der Waals surface area contributed by atoms with Gasteiger partial charge in [0, 0.05) is 22.9 Å². The Labute approximate surface area is 202 Å². The molecule has 0 bridgehead atoms. The molecule has 1 saturated heterocycles. The van der Waals surface area contributed by atoms with Crippen molar-refractivity contribution in [2.45, 2.75) is 6.92 Å². The minimum absolute atomic E-state index is 0.0693. The number of hydrogen-bond donors (Lipinski definition) is 1. The van der Waals surface area contributed by atoms with E-state index in [1.807, 2.05) is 0 Å². The topological polar surface area (TPSA) is 123 Å². The van der Waals surface area contributed by atoms with Crippen LogP contribution < -0.4 is 5.32 Å². The Morgan fingerprint density at radius 3 is 2.74 bits per heavy atom. The zero-order valence-electron chi connectivity index (χ0n) is 17.6. The number of hydrogen-bond acceptors (Lipinski definition) is 7. The molecule has 4 rings (SSSR count). The molecule has 172 valence electrons. The summed E-state index contributed by atoms with van der Waals surface area (Å²) in [5.74, 6) is -0.717. The number of furan rings is 1. The summed E-state index contributed by atoms with van der Waals surface area (Å²) in [6.45, 7) is 1.28. The fraction of sp³-hybridized carbons (Fsp3) is 0.0870. The monoisotopic (exact) mass is 497 g/mol. The number of nitrogens with zero attached hydrogens (tertiary/aromatic N) is 2. The molecule has 1 aliphatic rings. The number of imide groups is 1. The average Bonchev–Trinajstić information content (AvgIpc) is 3.34. The molecule has 34 heavy (non-hydrogen) atoms. The van der Waals surface area contributed by atoms with Crippen LogP contribution in [0.5, 0.6) is 0 Å². The van der Waals surface area contributed by atoms with Crippen LogP contribution in [0, 0.1) is 17.0 Å². The Morgan fingerprint density at radius 2 is 2.00 bits per heavy atom. The van der Waals surface area contributed by atoms with Gasteiger partial charge in [-0.3, -0.25) is 29.4 Å². The van der Waals surface area contributed by atoms with Crippen molar-refractivity contribution in [2.24, 2.45) is 0 Å². The summed E-state index contributed by atoms with van der Waals surface area (Å²) in [6, 6.07) is 14.3. The van der Waals surface area contributed by atoms with E-state index < -0.39 is 28.5 Å². The van der Waals surface area contributed by atoms with E-state index in [0.29, 0.717) is 28.0 Å². The van der Waals surface area contributed by atoms with E-state index in [0.717, 1.165) is 10.5 Å². The molecule has 0 spiro atoms. The van der Waals surface area contributed by atoms with E-state index in [4.69, 9.17) is 16.0 Å². The Kier molecular flexibility index (Phi) is 6.53. The predicted octanol–water partition coefficient (Wildman–Crippen LogP) is 5.49. The lowest BCUT2D eigenvalue weighted by atomic mass is 10.1. The lowest BCUT2D eigenvalue weighted by molar-refractivity contribution is -0.384. The number of halogens is 1. The van der Waals surface area contributed by atoms with Crippen LogP contribution in [0.1, 0.15) is 11.3 Å².